The molecule has 0 spiro atoms. The molecule has 0 unspecified atom stereocenters. The van der Waals surface area contributed by atoms with Crippen molar-refractivity contribution in [3.05, 3.63) is 0 Å². The van der Waals surface area contributed by atoms with Gasteiger partial charge in [-0.15, -0.1) is 0 Å². The second-order valence-electron chi connectivity index (χ2n) is 1.59. The van der Waals surface area contributed by atoms with Gasteiger partial charge < -0.3 is 17.3 Å². The van der Waals surface area contributed by atoms with Crippen molar-refractivity contribution in [1.29, 1.82) is 0 Å². The maximum atomic E-state index is 9.75. The molecule has 0 rings (SSSR count). The first-order chi connectivity index (χ1) is 4.27. The van der Waals surface area contributed by atoms with Gasteiger partial charge in [-0.1, -0.05) is 11.6 Å². The Kier molecular flexibility index (Phi) is 8.03. The number of hydrogen-bond acceptors (Lipinski definition) is 0. The summed E-state index contributed by atoms with van der Waals surface area (Å²) >= 11 is 5.35. The van der Waals surface area contributed by atoms with Crippen LogP contribution in [0.4, 0.5) is 17.3 Å². The topological polar surface area (TPSA) is 0 Å². The third-order valence-corrected chi connectivity index (χ3v) is 1.96. The summed E-state index contributed by atoms with van der Waals surface area (Å²) in [5, 5.41) is 0.806. The van der Waals surface area contributed by atoms with Crippen molar-refractivity contribution in [2.75, 3.05) is 17.7 Å². The zero-order valence-electron chi connectivity index (χ0n) is 5.58. The van der Waals surface area contributed by atoms with Crippen molar-refractivity contribution >= 4 is 29.8 Å². The van der Waals surface area contributed by atoms with Gasteiger partial charge in [0.2, 0.25) is 0 Å². The summed E-state index contributed by atoms with van der Waals surface area (Å²) < 4.78 is 39.0. The van der Waals surface area contributed by atoms with Gasteiger partial charge in [0.15, 0.2) is 5.21 Å². The summed E-state index contributed by atoms with van der Waals surface area (Å²) in [6, 6.07) is 0. The maximum absolute atomic E-state index is 9.75. The molecule has 0 aliphatic heterocycles. The molecule has 64 valence electrons. The van der Waals surface area contributed by atoms with Gasteiger partial charge >= 0.3 is 7.25 Å². The highest BCUT2D eigenvalue weighted by Gasteiger charge is 2.20. The summed E-state index contributed by atoms with van der Waals surface area (Å²) in [7, 11) is -5.56. The second-order valence-corrected chi connectivity index (χ2v) is 4.43. The van der Waals surface area contributed by atoms with Crippen LogP contribution in [-0.4, -0.2) is 25.0 Å². The fraction of sp³-hybridized carbons (Fsp3) is 1.00. The minimum Gasteiger partial charge on any atom is -0.418 e. The lowest BCUT2D eigenvalue weighted by Gasteiger charge is -1.94. The Morgan fingerprint density at radius 3 is 1.30 bits per heavy atom. The molecule has 0 heterocycles. The minimum atomic E-state index is -6.00. The molecule has 0 saturated carbocycles. The van der Waals surface area contributed by atoms with Gasteiger partial charge in [-0.2, -0.15) is 0 Å². The molecule has 0 atom stereocenters. The van der Waals surface area contributed by atoms with E-state index in [1.54, 1.807) is 0 Å². The van der Waals surface area contributed by atoms with E-state index in [4.69, 9.17) is 11.6 Å². The van der Waals surface area contributed by atoms with E-state index < -0.39 is 7.25 Å². The Hall–Kier alpha value is 0.425. The summed E-state index contributed by atoms with van der Waals surface area (Å²) in [4.78, 5) is 0. The Labute approximate surface area is 65.4 Å². The van der Waals surface area contributed by atoms with E-state index in [1.807, 2.05) is 0 Å². The molecule has 0 N–H and O–H groups in total. The number of alkyl halides is 1. The van der Waals surface area contributed by atoms with Crippen LogP contribution in [-0.2, 0) is 10.9 Å². The molecule has 0 aliphatic rings. The molecule has 0 aromatic heterocycles. The van der Waals surface area contributed by atoms with E-state index in [9.17, 15) is 17.3 Å². The number of hydrogen-bond donors (Lipinski definition) is 0. The van der Waals surface area contributed by atoms with Crippen LogP contribution in [0.25, 0.3) is 0 Å². The van der Waals surface area contributed by atoms with E-state index in [1.165, 1.54) is 0 Å². The molecular weight excluding hydrogens is 190 g/mol. The van der Waals surface area contributed by atoms with Gasteiger partial charge in [-0.05, 0) is 10.9 Å². The van der Waals surface area contributed by atoms with E-state index in [-0.39, 0.29) is 0 Å². The summed E-state index contributed by atoms with van der Waals surface area (Å²) in [6.07, 6.45) is 4.24. The van der Waals surface area contributed by atoms with Crippen LogP contribution in [0, 0.1) is 0 Å². The summed E-state index contributed by atoms with van der Waals surface area (Å²) in [5.74, 6) is 0. The highest BCUT2D eigenvalue weighted by molar-refractivity contribution is 7.96. The first-order valence-corrected chi connectivity index (χ1v) is 4.99. The molecule has 0 nitrogen and oxygen atoms in total. The largest absolute Gasteiger partial charge is 0.673 e. The predicted octanol–water partition coefficient (Wildman–Crippen LogP) is 2.36. The molecule has 0 fully saturated rings. The van der Waals surface area contributed by atoms with Gasteiger partial charge in [0.1, 0.15) is 0 Å². The Bertz CT molecular complexity index is 69.4. The van der Waals surface area contributed by atoms with Crippen molar-refractivity contribution in [2.45, 2.75) is 0 Å². The summed E-state index contributed by atoms with van der Waals surface area (Å²) in [5.41, 5.74) is 0. The van der Waals surface area contributed by atoms with Crippen LogP contribution >= 0.6 is 11.6 Å². The van der Waals surface area contributed by atoms with E-state index in [0.29, 0.717) is 10.9 Å². The zero-order valence-corrected chi connectivity index (χ0v) is 7.15. The molecule has 10 heavy (non-hydrogen) atoms. The van der Waals surface area contributed by atoms with Crippen molar-refractivity contribution in [1.82, 2.24) is 0 Å². The van der Waals surface area contributed by atoms with Crippen molar-refractivity contribution in [3.63, 3.8) is 0 Å². The Morgan fingerprint density at radius 2 is 1.30 bits per heavy atom. The molecule has 0 amide bonds. The lowest BCUT2D eigenvalue weighted by Crippen LogP contribution is -2.02. The Morgan fingerprint density at radius 1 is 1.20 bits per heavy atom. The second kappa shape index (κ2) is 6.16. The fourth-order valence-corrected chi connectivity index (χ4v) is 0. The normalized spacial score (nSPS) is 10.8. The molecule has 0 saturated heterocycles. The summed E-state index contributed by atoms with van der Waals surface area (Å²) in [6.45, 7) is 0. The number of rotatable bonds is 1. The van der Waals surface area contributed by atoms with Gasteiger partial charge in [0.25, 0.3) is 0 Å². The van der Waals surface area contributed by atoms with E-state index in [0.717, 1.165) is 5.21 Å². The van der Waals surface area contributed by atoms with Gasteiger partial charge in [0.05, 0.1) is 12.5 Å². The van der Waals surface area contributed by atoms with Crippen LogP contribution in [0.3, 0.4) is 0 Å². The van der Waals surface area contributed by atoms with Gasteiger partial charge in [-0.25, -0.2) is 0 Å². The molecule has 0 radical (unpaired) electrons. The fourth-order valence-electron chi connectivity index (χ4n) is 0. The minimum absolute atomic E-state index is 0.443. The third-order valence-electron chi connectivity index (χ3n) is 0.218. The predicted molar refractivity (Wildman–Crippen MR) is 40.1 cm³/mol. The van der Waals surface area contributed by atoms with Gasteiger partial charge in [-0.3, -0.25) is 0 Å². The lowest BCUT2D eigenvalue weighted by atomic mass is 10.3. The molecule has 0 aromatic carbocycles. The van der Waals surface area contributed by atoms with Crippen molar-refractivity contribution < 1.29 is 17.3 Å². The monoisotopic (exact) mass is 198 g/mol. The highest BCUT2D eigenvalue weighted by atomic mass is 35.5. The standard InChI is InChI=1S/C3H8ClS.BF4/c1-5(2)3-4;2-1(3,4)5/h3H2,1-2H3;/q+1;-1. The first kappa shape index (κ1) is 13.0. The molecule has 0 aromatic rings. The average molecular weight is 198 g/mol. The van der Waals surface area contributed by atoms with Crippen molar-refractivity contribution in [3.8, 4) is 0 Å². The average Bonchev–Trinajstić information content (AvgIpc) is 1.61. The van der Waals surface area contributed by atoms with Crippen molar-refractivity contribution in [2.24, 2.45) is 0 Å². The Balaban J connectivity index is 0. The first-order valence-electron chi connectivity index (χ1n) is 2.25. The molecule has 7 heteroatoms. The van der Waals surface area contributed by atoms with Crippen LogP contribution in [0.2, 0.25) is 0 Å². The maximum Gasteiger partial charge on any atom is 0.673 e. The van der Waals surface area contributed by atoms with Crippen LogP contribution in [0.15, 0.2) is 0 Å². The van der Waals surface area contributed by atoms with Gasteiger partial charge in [0, 0.05) is 0 Å². The molecule has 0 bridgehead atoms. The lowest BCUT2D eigenvalue weighted by molar-refractivity contribution is 0.368. The third kappa shape index (κ3) is 79.0. The van der Waals surface area contributed by atoms with Crippen LogP contribution in [0.5, 0.6) is 0 Å². The van der Waals surface area contributed by atoms with Crippen LogP contribution in [0.1, 0.15) is 0 Å². The number of halogens is 5. The van der Waals surface area contributed by atoms with E-state index in [2.05, 4.69) is 12.5 Å². The van der Waals surface area contributed by atoms with E-state index >= 15 is 0 Å². The molecular formula is C3H8BClF4S. The highest BCUT2D eigenvalue weighted by Crippen LogP contribution is 2.06. The SMILES string of the molecule is C[S+](C)CCl.F[B-](F)(F)F. The van der Waals surface area contributed by atoms with Crippen LogP contribution < -0.4 is 0 Å². The molecule has 0 aliphatic carbocycles. The smallest absolute Gasteiger partial charge is 0.418 e. The quantitative estimate of drug-likeness (QED) is 0.263. The zero-order chi connectivity index (χ0) is 8.78.